The molecular weight excluding hydrogens is 290 g/mol. The number of hydrogen-bond donors (Lipinski definition) is 3. The lowest BCUT2D eigenvalue weighted by molar-refractivity contribution is -0.115. The van der Waals surface area contributed by atoms with Crippen LogP contribution in [0.3, 0.4) is 0 Å². The number of methoxy groups -OCH3 is 1. The van der Waals surface area contributed by atoms with Crippen molar-refractivity contribution in [3.8, 4) is 5.75 Å². The first-order valence-corrected chi connectivity index (χ1v) is 7.00. The minimum Gasteiger partial charge on any atom is -0.495 e. The number of oxime groups is 1. The zero-order valence-corrected chi connectivity index (χ0v) is 12.2. The Morgan fingerprint density at radius 2 is 2.24 bits per heavy atom. The summed E-state index contributed by atoms with van der Waals surface area (Å²) in [5.41, 5.74) is 6.41. The average Bonchev–Trinajstić information content (AvgIpc) is 2.99. The predicted molar refractivity (Wildman–Crippen MR) is 82.2 cm³/mol. The summed E-state index contributed by atoms with van der Waals surface area (Å²) in [6.07, 6.45) is 0.255. The van der Waals surface area contributed by atoms with Crippen molar-refractivity contribution >= 4 is 28.8 Å². The van der Waals surface area contributed by atoms with E-state index in [-0.39, 0.29) is 18.2 Å². The van der Waals surface area contributed by atoms with Gasteiger partial charge in [-0.3, -0.25) is 4.79 Å². The van der Waals surface area contributed by atoms with E-state index in [0.29, 0.717) is 17.0 Å². The highest BCUT2D eigenvalue weighted by atomic mass is 32.1. The van der Waals surface area contributed by atoms with Crippen molar-refractivity contribution in [2.45, 2.75) is 6.42 Å². The third-order valence-corrected chi connectivity index (χ3v) is 3.69. The van der Waals surface area contributed by atoms with Gasteiger partial charge >= 0.3 is 0 Å². The number of nitrogens with one attached hydrogen (secondary N) is 1. The minimum atomic E-state index is -0.200. The van der Waals surface area contributed by atoms with E-state index in [1.54, 1.807) is 18.2 Å². The number of amides is 1. The number of rotatable bonds is 5. The van der Waals surface area contributed by atoms with E-state index >= 15 is 0 Å². The molecule has 0 spiro atoms. The summed E-state index contributed by atoms with van der Waals surface area (Å²) in [5, 5.41) is 16.5. The fraction of sp³-hybridized carbons (Fsp3) is 0.143. The van der Waals surface area contributed by atoms with Crippen molar-refractivity contribution in [2.24, 2.45) is 10.9 Å². The van der Waals surface area contributed by atoms with Gasteiger partial charge in [0.15, 0.2) is 5.84 Å². The number of benzene rings is 1. The van der Waals surface area contributed by atoms with E-state index in [4.69, 9.17) is 15.7 Å². The maximum Gasteiger partial charge on any atom is 0.229 e. The molecule has 2 aromatic rings. The molecule has 21 heavy (non-hydrogen) atoms. The second-order valence-electron chi connectivity index (χ2n) is 4.17. The molecule has 0 radical (unpaired) electrons. The van der Waals surface area contributed by atoms with Crippen LogP contribution in [0.1, 0.15) is 10.4 Å². The molecular formula is C14H15N3O3S. The number of carbonyl (C=O) groups is 1. The molecule has 0 saturated heterocycles. The number of thiophene rings is 1. The molecule has 0 unspecified atom stereocenters. The lowest BCUT2D eigenvalue weighted by Crippen LogP contribution is -2.20. The first kappa shape index (κ1) is 14.9. The van der Waals surface area contributed by atoms with E-state index in [2.05, 4.69) is 10.5 Å². The number of anilines is 1. The normalized spacial score (nSPS) is 11.2. The van der Waals surface area contributed by atoms with Crippen LogP contribution < -0.4 is 15.8 Å². The Morgan fingerprint density at radius 1 is 1.43 bits per heavy atom. The van der Waals surface area contributed by atoms with Gasteiger partial charge in [0.25, 0.3) is 0 Å². The van der Waals surface area contributed by atoms with Gasteiger partial charge in [-0.1, -0.05) is 17.3 Å². The molecule has 4 N–H and O–H groups in total. The van der Waals surface area contributed by atoms with Crippen LogP contribution in [0.25, 0.3) is 0 Å². The van der Waals surface area contributed by atoms with Crippen molar-refractivity contribution in [3.05, 3.63) is 46.2 Å². The third kappa shape index (κ3) is 3.51. The molecule has 0 aliphatic heterocycles. The number of nitrogens with two attached hydrogens (primary N) is 1. The highest BCUT2D eigenvalue weighted by Crippen LogP contribution is 2.28. The van der Waals surface area contributed by atoms with Gasteiger partial charge in [-0.15, -0.1) is 11.3 Å². The summed E-state index contributed by atoms with van der Waals surface area (Å²) in [6.45, 7) is 0. The fourth-order valence-electron chi connectivity index (χ4n) is 1.85. The molecule has 1 heterocycles. The first-order valence-electron chi connectivity index (χ1n) is 6.13. The summed E-state index contributed by atoms with van der Waals surface area (Å²) < 4.78 is 5.21. The van der Waals surface area contributed by atoms with E-state index in [1.165, 1.54) is 18.4 Å². The molecule has 0 fully saturated rings. The Kier molecular flexibility index (Phi) is 4.78. The zero-order valence-electron chi connectivity index (χ0n) is 11.4. The second-order valence-corrected chi connectivity index (χ2v) is 5.20. The summed E-state index contributed by atoms with van der Waals surface area (Å²) in [5.74, 6) is 0.146. The monoisotopic (exact) mass is 305 g/mol. The Morgan fingerprint density at radius 3 is 2.86 bits per heavy atom. The van der Waals surface area contributed by atoms with Crippen LogP contribution in [0.15, 0.2) is 40.9 Å². The average molecular weight is 305 g/mol. The van der Waals surface area contributed by atoms with Gasteiger partial charge in [0.1, 0.15) is 5.75 Å². The fourth-order valence-corrected chi connectivity index (χ4v) is 2.56. The van der Waals surface area contributed by atoms with Crippen LogP contribution >= 0.6 is 11.3 Å². The third-order valence-electron chi connectivity index (χ3n) is 2.81. The molecule has 110 valence electrons. The number of hydrogen-bond acceptors (Lipinski definition) is 5. The molecule has 6 nitrogen and oxygen atoms in total. The molecule has 1 aromatic carbocycles. The van der Waals surface area contributed by atoms with E-state index in [0.717, 1.165) is 4.88 Å². The SMILES string of the molecule is COc1cccc(/C(N)=N/O)c1NC(=O)Cc1cccs1. The van der Waals surface area contributed by atoms with Crippen molar-refractivity contribution in [3.63, 3.8) is 0 Å². The maximum atomic E-state index is 12.1. The number of carbonyl (C=O) groups excluding carboxylic acids is 1. The molecule has 0 saturated carbocycles. The molecule has 0 bridgehead atoms. The standard InChI is InChI=1S/C14H15N3O3S/c1-20-11-6-2-5-10(14(15)17-19)13(11)16-12(18)8-9-4-3-7-21-9/h2-7,19H,8H2,1H3,(H2,15,17)(H,16,18). The van der Waals surface area contributed by atoms with Crippen LogP contribution in [0.4, 0.5) is 5.69 Å². The zero-order chi connectivity index (χ0) is 15.2. The lowest BCUT2D eigenvalue weighted by atomic mass is 10.1. The molecule has 0 aliphatic rings. The van der Waals surface area contributed by atoms with Crippen LogP contribution in [0.5, 0.6) is 5.75 Å². The van der Waals surface area contributed by atoms with Gasteiger partial charge in [0.2, 0.25) is 5.91 Å². The van der Waals surface area contributed by atoms with Gasteiger partial charge in [-0.2, -0.15) is 0 Å². The van der Waals surface area contributed by atoms with Gasteiger partial charge in [0.05, 0.1) is 19.2 Å². The molecule has 1 aromatic heterocycles. The molecule has 1 amide bonds. The maximum absolute atomic E-state index is 12.1. The molecule has 7 heteroatoms. The Hall–Kier alpha value is -2.54. The van der Waals surface area contributed by atoms with Crippen molar-refractivity contribution in [1.82, 2.24) is 0 Å². The topological polar surface area (TPSA) is 96.9 Å². The van der Waals surface area contributed by atoms with Gasteiger partial charge < -0.3 is 21.0 Å². The highest BCUT2D eigenvalue weighted by Gasteiger charge is 2.15. The lowest BCUT2D eigenvalue weighted by Gasteiger charge is -2.14. The number of para-hydroxylation sites is 1. The largest absolute Gasteiger partial charge is 0.495 e. The summed E-state index contributed by atoms with van der Waals surface area (Å²) in [6, 6.07) is 8.80. The highest BCUT2D eigenvalue weighted by molar-refractivity contribution is 7.10. The van der Waals surface area contributed by atoms with Gasteiger partial charge in [-0.05, 0) is 23.6 Å². The molecule has 0 aliphatic carbocycles. The van der Waals surface area contributed by atoms with Gasteiger partial charge in [0, 0.05) is 10.4 Å². The van der Waals surface area contributed by atoms with Crippen molar-refractivity contribution in [2.75, 3.05) is 12.4 Å². The minimum absolute atomic E-state index is 0.0969. The Labute approximate surface area is 125 Å². The Balaban J connectivity index is 2.27. The van der Waals surface area contributed by atoms with Crippen molar-refractivity contribution < 1.29 is 14.7 Å². The van der Waals surface area contributed by atoms with Crippen LogP contribution in [0.2, 0.25) is 0 Å². The van der Waals surface area contributed by atoms with E-state index in [1.807, 2.05) is 17.5 Å². The second kappa shape index (κ2) is 6.76. The summed E-state index contributed by atoms with van der Waals surface area (Å²) in [7, 11) is 1.49. The summed E-state index contributed by atoms with van der Waals surface area (Å²) in [4.78, 5) is 13.1. The van der Waals surface area contributed by atoms with Crippen LogP contribution in [0, 0.1) is 0 Å². The quantitative estimate of drug-likeness (QED) is 0.341. The predicted octanol–water partition coefficient (Wildman–Crippen LogP) is 2.03. The number of nitrogens with zero attached hydrogens (tertiary/aromatic N) is 1. The van der Waals surface area contributed by atoms with Gasteiger partial charge in [-0.25, -0.2) is 0 Å². The smallest absolute Gasteiger partial charge is 0.229 e. The number of ether oxygens (including phenoxy) is 1. The first-order chi connectivity index (χ1) is 10.2. The van der Waals surface area contributed by atoms with Crippen LogP contribution in [-0.4, -0.2) is 24.1 Å². The van der Waals surface area contributed by atoms with E-state index < -0.39 is 0 Å². The number of amidine groups is 1. The van der Waals surface area contributed by atoms with E-state index in [9.17, 15) is 4.79 Å². The van der Waals surface area contributed by atoms with Crippen molar-refractivity contribution in [1.29, 1.82) is 0 Å². The Bertz CT molecular complexity index is 653. The van der Waals surface area contributed by atoms with Crippen LogP contribution in [-0.2, 0) is 11.2 Å². The summed E-state index contributed by atoms with van der Waals surface area (Å²) >= 11 is 1.51. The molecule has 2 rings (SSSR count). The molecule has 0 atom stereocenters.